The molecule has 35 heavy (non-hydrogen) atoms. The zero-order valence-corrected chi connectivity index (χ0v) is 20.1. The van der Waals surface area contributed by atoms with E-state index < -0.39 is 18.1 Å². The molecule has 3 N–H and O–H groups in total. The molecule has 7 nitrogen and oxygen atoms in total. The van der Waals surface area contributed by atoms with Gasteiger partial charge in [0.05, 0.1) is 16.9 Å². The fourth-order valence-corrected chi connectivity index (χ4v) is 3.83. The van der Waals surface area contributed by atoms with Crippen LogP contribution in [0.25, 0.3) is 16.8 Å². The van der Waals surface area contributed by atoms with E-state index >= 15 is 0 Å². The Bertz CT molecular complexity index is 1070. The van der Waals surface area contributed by atoms with Crippen LogP contribution in [0.2, 0.25) is 0 Å². The minimum atomic E-state index is -3.26. The standard InChI is InChI=1S/C26H32F2N4O3/c1-3-26(27,28)35-20-10-8-18(9-11-20)21-15-22(32-24(31-21)19(16-29)17-30-2)23(33)7-4-5-12-25(34)13-6-14-25/h8-11,15-17,29-30,34H,3-7,12-14H2,1-2H3/b19-17+,29-16?. The fourth-order valence-electron chi connectivity index (χ4n) is 3.83. The third kappa shape index (κ3) is 7.14. The summed E-state index contributed by atoms with van der Waals surface area (Å²) in [5.74, 6) is 0.0678. The molecule has 0 bridgehead atoms. The van der Waals surface area contributed by atoms with Crippen LogP contribution < -0.4 is 10.1 Å². The Balaban J connectivity index is 1.82. The van der Waals surface area contributed by atoms with Gasteiger partial charge in [-0.3, -0.25) is 4.79 Å². The van der Waals surface area contributed by atoms with Crippen molar-refractivity contribution in [2.24, 2.45) is 0 Å². The highest BCUT2D eigenvalue weighted by molar-refractivity contribution is 6.07. The quantitative estimate of drug-likeness (QED) is 0.199. The third-order valence-electron chi connectivity index (χ3n) is 6.13. The van der Waals surface area contributed by atoms with Crippen LogP contribution in [-0.4, -0.2) is 45.8 Å². The number of aliphatic hydroxyl groups is 1. The Morgan fingerprint density at radius 2 is 1.97 bits per heavy atom. The van der Waals surface area contributed by atoms with Crippen LogP contribution >= 0.6 is 0 Å². The first kappa shape index (κ1) is 26.4. The highest BCUT2D eigenvalue weighted by atomic mass is 19.3. The van der Waals surface area contributed by atoms with E-state index in [0.717, 1.165) is 31.9 Å². The molecule has 188 valence electrons. The molecule has 9 heteroatoms. The van der Waals surface area contributed by atoms with Gasteiger partial charge in [-0.15, -0.1) is 0 Å². The smallest absolute Gasteiger partial charge is 0.397 e. The number of unbranched alkanes of at least 4 members (excludes halogenated alkanes) is 1. The molecule has 2 aromatic rings. The summed E-state index contributed by atoms with van der Waals surface area (Å²) in [4.78, 5) is 21.8. The van der Waals surface area contributed by atoms with Crippen molar-refractivity contribution in [3.8, 4) is 17.0 Å². The average Bonchev–Trinajstić information content (AvgIpc) is 2.83. The zero-order chi connectivity index (χ0) is 25.5. The molecule has 0 saturated heterocycles. The van der Waals surface area contributed by atoms with E-state index in [-0.39, 0.29) is 29.5 Å². The van der Waals surface area contributed by atoms with Crippen molar-refractivity contribution in [1.29, 1.82) is 5.41 Å². The maximum absolute atomic E-state index is 13.5. The van der Waals surface area contributed by atoms with Gasteiger partial charge < -0.3 is 20.6 Å². The SMILES string of the molecule is CCC(F)(F)Oc1ccc(-c2cc(C(=O)CCCCC3(O)CCC3)nc(/C(C=N)=C/NC)n2)cc1. The Morgan fingerprint density at radius 3 is 2.54 bits per heavy atom. The van der Waals surface area contributed by atoms with E-state index in [1.54, 1.807) is 31.4 Å². The van der Waals surface area contributed by atoms with Gasteiger partial charge in [0, 0.05) is 37.9 Å². The summed E-state index contributed by atoms with van der Waals surface area (Å²) in [5.41, 5.74) is 1.06. The first-order valence-electron chi connectivity index (χ1n) is 11.9. The van der Waals surface area contributed by atoms with Crippen molar-refractivity contribution < 1.29 is 23.4 Å². The molecule has 1 aliphatic rings. The lowest BCUT2D eigenvalue weighted by Gasteiger charge is -2.36. The number of allylic oxidation sites excluding steroid dienone is 1. The minimum absolute atomic E-state index is 0.0227. The van der Waals surface area contributed by atoms with E-state index in [1.807, 2.05) is 0 Å². The molecule has 1 aliphatic carbocycles. The van der Waals surface area contributed by atoms with Gasteiger partial charge in [-0.05, 0) is 62.4 Å². The summed E-state index contributed by atoms with van der Waals surface area (Å²) in [5, 5.41) is 20.8. The number of nitrogens with one attached hydrogen (secondary N) is 2. The molecule has 0 aliphatic heterocycles. The van der Waals surface area contributed by atoms with Crippen molar-refractivity contribution in [1.82, 2.24) is 15.3 Å². The average molecular weight is 487 g/mol. The molecule has 0 amide bonds. The Hall–Kier alpha value is -3.20. The van der Waals surface area contributed by atoms with E-state index in [1.165, 1.54) is 19.1 Å². The van der Waals surface area contributed by atoms with E-state index in [9.17, 15) is 18.7 Å². The third-order valence-corrected chi connectivity index (χ3v) is 6.13. The summed E-state index contributed by atoms with van der Waals surface area (Å²) in [7, 11) is 1.68. The van der Waals surface area contributed by atoms with Crippen LogP contribution in [0, 0.1) is 5.41 Å². The molecular weight excluding hydrogens is 454 g/mol. The summed E-state index contributed by atoms with van der Waals surface area (Å²) in [6.45, 7) is 1.34. The molecular formula is C26H32F2N4O3. The van der Waals surface area contributed by atoms with Crippen molar-refractivity contribution in [3.63, 3.8) is 0 Å². The van der Waals surface area contributed by atoms with Crippen LogP contribution in [0.15, 0.2) is 36.5 Å². The van der Waals surface area contributed by atoms with Gasteiger partial charge in [0.1, 0.15) is 11.4 Å². The Labute approximate surface area is 204 Å². The molecule has 0 unspecified atom stereocenters. The van der Waals surface area contributed by atoms with Gasteiger partial charge in [-0.1, -0.05) is 13.3 Å². The number of rotatable bonds is 13. The Kier molecular flexibility index (Phi) is 8.67. The normalized spacial score (nSPS) is 15.3. The fraction of sp³-hybridized carbons (Fsp3) is 0.462. The predicted molar refractivity (Wildman–Crippen MR) is 131 cm³/mol. The van der Waals surface area contributed by atoms with E-state index in [4.69, 9.17) is 10.1 Å². The van der Waals surface area contributed by atoms with Crippen LogP contribution in [0.3, 0.4) is 0 Å². The first-order valence-corrected chi connectivity index (χ1v) is 11.9. The number of nitrogens with zero attached hydrogens (tertiary/aromatic N) is 2. The van der Waals surface area contributed by atoms with Crippen molar-refractivity contribution in [2.45, 2.75) is 70.0 Å². The van der Waals surface area contributed by atoms with Gasteiger partial charge in [-0.25, -0.2) is 9.97 Å². The van der Waals surface area contributed by atoms with Gasteiger partial charge in [0.25, 0.3) is 0 Å². The van der Waals surface area contributed by atoms with E-state index in [0.29, 0.717) is 29.7 Å². The monoisotopic (exact) mass is 486 g/mol. The number of hydrogen-bond donors (Lipinski definition) is 3. The second-order valence-corrected chi connectivity index (χ2v) is 8.82. The lowest BCUT2D eigenvalue weighted by atomic mass is 9.77. The molecule has 0 atom stereocenters. The first-order chi connectivity index (χ1) is 16.7. The van der Waals surface area contributed by atoms with Gasteiger partial charge >= 0.3 is 6.11 Å². The summed E-state index contributed by atoms with van der Waals surface area (Å²) in [6.07, 6.45) is 4.00. The maximum atomic E-state index is 13.5. The van der Waals surface area contributed by atoms with Crippen molar-refractivity contribution in [3.05, 3.63) is 48.1 Å². The predicted octanol–water partition coefficient (Wildman–Crippen LogP) is 5.39. The molecule has 1 aromatic heterocycles. The summed E-state index contributed by atoms with van der Waals surface area (Å²) in [6, 6.07) is 7.60. The number of aromatic nitrogens is 2. The van der Waals surface area contributed by atoms with Crippen molar-refractivity contribution >= 4 is 17.6 Å². The lowest BCUT2D eigenvalue weighted by molar-refractivity contribution is -0.177. The Morgan fingerprint density at radius 1 is 1.26 bits per heavy atom. The second-order valence-electron chi connectivity index (χ2n) is 8.82. The van der Waals surface area contributed by atoms with Crippen LogP contribution in [0.4, 0.5) is 8.78 Å². The van der Waals surface area contributed by atoms with Gasteiger partial charge in [-0.2, -0.15) is 8.78 Å². The number of ether oxygens (including phenoxy) is 1. The number of Topliss-reactive ketones (excluding diaryl/α,β-unsaturated/α-hetero) is 1. The summed E-state index contributed by atoms with van der Waals surface area (Å²) < 4.78 is 31.8. The zero-order valence-electron chi connectivity index (χ0n) is 20.1. The number of alkyl halides is 2. The molecule has 1 saturated carbocycles. The number of carbonyl (C=O) groups is 1. The molecule has 0 radical (unpaired) electrons. The molecule has 1 fully saturated rings. The largest absolute Gasteiger partial charge is 0.433 e. The van der Waals surface area contributed by atoms with Gasteiger partial charge in [0.15, 0.2) is 11.6 Å². The van der Waals surface area contributed by atoms with Gasteiger partial charge in [0.2, 0.25) is 0 Å². The number of hydrogen-bond acceptors (Lipinski definition) is 7. The number of carbonyl (C=O) groups excluding carboxylic acids is 1. The molecule has 3 rings (SSSR count). The van der Waals surface area contributed by atoms with Crippen LogP contribution in [0.5, 0.6) is 5.75 Å². The van der Waals surface area contributed by atoms with E-state index in [2.05, 4.69) is 15.3 Å². The number of benzene rings is 1. The van der Waals surface area contributed by atoms with Crippen LogP contribution in [-0.2, 0) is 0 Å². The topological polar surface area (TPSA) is 108 Å². The highest BCUT2D eigenvalue weighted by Crippen LogP contribution is 2.36. The number of ketones is 1. The lowest BCUT2D eigenvalue weighted by Crippen LogP contribution is -2.36. The second kappa shape index (κ2) is 11.5. The highest BCUT2D eigenvalue weighted by Gasteiger charge is 2.33. The number of halogens is 2. The van der Waals surface area contributed by atoms with Crippen LogP contribution in [0.1, 0.15) is 74.6 Å². The van der Waals surface area contributed by atoms with Crippen molar-refractivity contribution in [2.75, 3.05) is 7.05 Å². The molecule has 1 heterocycles. The minimum Gasteiger partial charge on any atom is -0.433 e. The molecule has 0 spiro atoms. The maximum Gasteiger partial charge on any atom is 0.397 e. The molecule has 1 aromatic carbocycles. The summed E-state index contributed by atoms with van der Waals surface area (Å²) >= 11 is 0.